The number of aryl methyl sites for hydroxylation is 1. The largest absolute Gasteiger partial charge is 0.330 e. The van der Waals surface area contributed by atoms with Gasteiger partial charge in [0.1, 0.15) is 0 Å². The highest BCUT2D eigenvalue weighted by molar-refractivity contribution is 14.1. The molecule has 2 bridgehead atoms. The smallest absolute Gasteiger partial charge is 0.302 e. The van der Waals surface area contributed by atoms with Gasteiger partial charge < -0.3 is 4.57 Å². The highest BCUT2D eigenvalue weighted by Gasteiger charge is 2.39. The highest BCUT2D eigenvalue weighted by atomic mass is 127. The van der Waals surface area contributed by atoms with Crippen molar-refractivity contribution in [3.63, 3.8) is 0 Å². The summed E-state index contributed by atoms with van der Waals surface area (Å²) in [5.41, 5.74) is -0.301. The minimum absolute atomic E-state index is 0.124. The van der Waals surface area contributed by atoms with Gasteiger partial charge in [0.25, 0.3) is 5.56 Å². The number of nitrogens with zero attached hydrogens (tertiary/aromatic N) is 2. The SMILES string of the molecule is Cn1cc(I)c(=O)n(CC2CC3CCC2C3)c1=O. The average molecular weight is 360 g/mol. The van der Waals surface area contributed by atoms with Gasteiger partial charge >= 0.3 is 5.69 Å². The van der Waals surface area contributed by atoms with Gasteiger partial charge in [-0.05, 0) is 59.6 Å². The number of aromatic nitrogens is 2. The fraction of sp³-hybridized carbons (Fsp3) is 0.692. The first-order valence-corrected chi connectivity index (χ1v) is 7.60. The van der Waals surface area contributed by atoms with Crippen LogP contribution in [0.1, 0.15) is 25.7 Å². The van der Waals surface area contributed by atoms with E-state index in [0.717, 1.165) is 11.8 Å². The minimum Gasteiger partial charge on any atom is -0.302 e. The van der Waals surface area contributed by atoms with Crippen molar-refractivity contribution in [1.29, 1.82) is 0 Å². The van der Waals surface area contributed by atoms with Gasteiger partial charge in [0.05, 0.1) is 3.57 Å². The molecule has 3 rings (SSSR count). The molecule has 1 heterocycles. The molecule has 2 aliphatic rings. The fourth-order valence-electron chi connectivity index (χ4n) is 3.68. The van der Waals surface area contributed by atoms with Gasteiger partial charge in [0.2, 0.25) is 0 Å². The number of halogens is 1. The van der Waals surface area contributed by atoms with Crippen LogP contribution in [0.5, 0.6) is 0 Å². The van der Waals surface area contributed by atoms with Crippen LogP contribution in [0.25, 0.3) is 0 Å². The molecule has 4 nitrogen and oxygen atoms in total. The molecule has 0 spiro atoms. The van der Waals surface area contributed by atoms with Crippen molar-refractivity contribution in [1.82, 2.24) is 9.13 Å². The normalized spacial score (nSPS) is 30.0. The van der Waals surface area contributed by atoms with Crippen molar-refractivity contribution >= 4 is 22.6 Å². The predicted molar refractivity (Wildman–Crippen MR) is 77.6 cm³/mol. The summed E-state index contributed by atoms with van der Waals surface area (Å²) in [4.78, 5) is 24.1. The van der Waals surface area contributed by atoms with E-state index in [4.69, 9.17) is 0 Å². The van der Waals surface area contributed by atoms with E-state index in [9.17, 15) is 9.59 Å². The Morgan fingerprint density at radius 3 is 2.72 bits per heavy atom. The topological polar surface area (TPSA) is 44.0 Å². The lowest BCUT2D eigenvalue weighted by molar-refractivity contribution is 0.286. The molecule has 3 atom stereocenters. The van der Waals surface area contributed by atoms with Gasteiger partial charge in [0, 0.05) is 19.8 Å². The zero-order valence-corrected chi connectivity index (χ0v) is 12.6. The molecule has 2 aliphatic carbocycles. The van der Waals surface area contributed by atoms with Crippen LogP contribution in [-0.2, 0) is 13.6 Å². The highest BCUT2D eigenvalue weighted by Crippen LogP contribution is 2.48. The van der Waals surface area contributed by atoms with Crippen LogP contribution < -0.4 is 11.2 Å². The molecule has 0 radical (unpaired) electrons. The summed E-state index contributed by atoms with van der Waals surface area (Å²) in [7, 11) is 1.71. The molecule has 1 aromatic rings. The third-order valence-electron chi connectivity index (χ3n) is 4.59. The van der Waals surface area contributed by atoms with Crippen LogP contribution in [-0.4, -0.2) is 9.13 Å². The van der Waals surface area contributed by atoms with Crippen molar-refractivity contribution in [2.45, 2.75) is 32.2 Å². The molecule has 0 saturated heterocycles. The average Bonchev–Trinajstić information content (AvgIpc) is 2.94. The summed E-state index contributed by atoms with van der Waals surface area (Å²) >= 11 is 2.01. The zero-order chi connectivity index (χ0) is 12.9. The molecule has 0 aromatic carbocycles. The maximum absolute atomic E-state index is 12.1. The second-order valence-corrected chi connectivity index (χ2v) is 6.88. The summed E-state index contributed by atoms with van der Waals surface area (Å²) in [5, 5.41) is 0. The summed E-state index contributed by atoms with van der Waals surface area (Å²) in [6.07, 6.45) is 6.76. The lowest BCUT2D eigenvalue weighted by atomic mass is 9.89. The van der Waals surface area contributed by atoms with Gasteiger partial charge in [-0.25, -0.2) is 4.79 Å². The van der Waals surface area contributed by atoms with Crippen LogP contribution in [0.3, 0.4) is 0 Å². The van der Waals surface area contributed by atoms with E-state index in [1.54, 1.807) is 13.2 Å². The van der Waals surface area contributed by atoms with Crippen LogP contribution in [0.2, 0.25) is 0 Å². The summed E-state index contributed by atoms with van der Waals surface area (Å²) < 4.78 is 3.57. The van der Waals surface area contributed by atoms with E-state index in [2.05, 4.69) is 0 Å². The Bertz CT molecular complexity index is 555. The Kier molecular flexibility index (Phi) is 3.11. The second kappa shape index (κ2) is 4.51. The molecule has 18 heavy (non-hydrogen) atoms. The van der Waals surface area contributed by atoms with Crippen LogP contribution in [0, 0.1) is 21.3 Å². The van der Waals surface area contributed by atoms with Gasteiger partial charge in [-0.1, -0.05) is 6.42 Å². The minimum atomic E-state index is -0.178. The molecule has 0 N–H and O–H groups in total. The van der Waals surface area contributed by atoms with Crippen molar-refractivity contribution < 1.29 is 0 Å². The first kappa shape index (κ1) is 12.4. The molecular formula is C13H17IN2O2. The molecule has 98 valence electrons. The van der Waals surface area contributed by atoms with Crippen molar-refractivity contribution in [3.8, 4) is 0 Å². The van der Waals surface area contributed by atoms with Crippen molar-refractivity contribution in [2.24, 2.45) is 24.8 Å². The molecule has 0 amide bonds. The number of fused-ring (bicyclic) bond motifs is 2. The molecule has 2 saturated carbocycles. The number of hydrogen-bond acceptors (Lipinski definition) is 2. The van der Waals surface area contributed by atoms with Crippen LogP contribution >= 0.6 is 22.6 Å². The van der Waals surface area contributed by atoms with Gasteiger partial charge in [-0.2, -0.15) is 0 Å². The summed E-state index contributed by atoms with van der Waals surface area (Å²) in [6, 6.07) is 0. The van der Waals surface area contributed by atoms with Crippen LogP contribution in [0.4, 0.5) is 0 Å². The van der Waals surface area contributed by atoms with E-state index in [0.29, 0.717) is 16.0 Å². The number of hydrogen-bond donors (Lipinski definition) is 0. The Morgan fingerprint density at radius 2 is 2.11 bits per heavy atom. The Hall–Kier alpha value is -0.590. The van der Waals surface area contributed by atoms with E-state index in [1.165, 1.54) is 34.8 Å². The third kappa shape index (κ3) is 1.96. The van der Waals surface area contributed by atoms with Crippen LogP contribution in [0.15, 0.2) is 15.8 Å². The van der Waals surface area contributed by atoms with E-state index in [-0.39, 0.29) is 11.2 Å². The lowest BCUT2D eigenvalue weighted by Gasteiger charge is -2.22. The number of rotatable bonds is 2. The van der Waals surface area contributed by atoms with Gasteiger partial charge in [0.15, 0.2) is 0 Å². The Morgan fingerprint density at radius 1 is 1.33 bits per heavy atom. The molecule has 0 aliphatic heterocycles. The fourth-order valence-corrected chi connectivity index (χ4v) is 4.39. The van der Waals surface area contributed by atoms with Crippen molar-refractivity contribution in [3.05, 3.63) is 30.6 Å². The standard InChI is InChI=1S/C13H17IN2O2/c1-15-7-11(14)12(17)16(13(15)18)6-10-5-8-2-3-9(10)4-8/h7-10H,2-6H2,1H3. The summed E-state index contributed by atoms with van der Waals surface area (Å²) in [6.45, 7) is 0.615. The Balaban J connectivity index is 1.94. The third-order valence-corrected chi connectivity index (χ3v) is 5.33. The van der Waals surface area contributed by atoms with E-state index >= 15 is 0 Å². The monoisotopic (exact) mass is 360 g/mol. The lowest BCUT2D eigenvalue weighted by Crippen LogP contribution is -2.42. The van der Waals surface area contributed by atoms with Gasteiger partial charge in [-0.3, -0.25) is 9.36 Å². The molecule has 3 unspecified atom stereocenters. The predicted octanol–water partition coefficient (Wildman–Crippen LogP) is 1.59. The first-order valence-electron chi connectivity index (χ1n) is 6.52. The summed E-state index contributed by atoms with van der Waals surface area (Å²) in [5.74, 6) is 2.12. The first-order chi connectivity index (χ1) is 8.56. The van der Waals surface area contributed by atoms with E-state index in [1.807, 2.05) is 22.6 Å². The second-order valence-electron chi connectivity index (χ2n) is 5.72. The van der Waals surface area contributed by atoms with E-state index < -0.39 is 0 Å². The van der Waals surface area contributed by atoms with Gasteiger partial charge in [-0.15, -0.1) is 0 Å². The maximum atomic E-state index is 12.1. The molecular weight excluding hydrogens is 343 g/mol. The Labute approximate surface area is 119 Å². The van der Waals surface area contributed by atoms with Crippen molar-refractivity contribution in [2.75, 3.05) is 0 Å². The molecule has 2 fully saturated rings. The quantitative estimate of drug-likeness (QED) is 0.752. The zero-order valence-electron chi connectivity index (χ0n) is 10.4. The molecule has 5 heteroatoms. The molecule has 1 aromatic heterocycles. The maximum Gasteiger partial charge on any atom is 0.330 e.